The Bertz CT molecular complexity index is 386. The van der Waals surface area contributed by atoms with E-state index in [2.05, 4.69) is 23.3 Å². The Hall–Kier alpha value is -1.56. The molecule has 0 aliphatic heterocycles. The van der Waals surface area contributed by atoms with Gasteiger partial charge in [0.25, 0.3) is 0 Å². The van der Waals surface area contributed by atoms with Gasteiger partial charge in [-0.05, 0) is 43.7 Å². The average Bonchev–Trinajstić information content (AvgIpc) is 2.33. The molecule has 0 bridgehead atoms. The second kappa shape index (κ2) is 4.98. The van der Waals surface area contributed by atoms with E-state index in [1.165, 1.54) is 25.7 Å². The number of nitriles is 1. The summed E-state index contributed by atoms with van der Waals surface area (Å²) in [5.74, 6) is 1.58. The molecule has 0 aromatic carbocycles. The second-order valence-electron chi connectivity index (χ2n) is 4.61. The van der Waals surface area contributed by atoms with E-state index in [1.807, 2.05) is 0 Å². The van der Waals surface area contributed by atoms with Crippen LogP contribution in [0.5, 0.6) is 0 Å². The van der Waals surface area contributed by atoms with Crippen LogP contribution in [0.1, 0.15) is 38.2 Å². The molecule has 2 rings (SSSR count). The fraction of sp³-hybridized carbons (Fsp3) is 0.538. The monoisotopic (exact) mass is 215 g/mol. The van der Waals surface area contributed by atoms with Crippen LogP contribution in [0.3, 0.4) is 0 Å². The van der Waals surface area contributed by atoms with Gasteiger partial charge in [-0.25, -0.2) is 4.98 Å². The van der Waals surface area contributed by atoms with Crippen molar-refractivity contribution in [2.24, 2.45) is 5.92 Å². The third kappa shape index (κ3) is 2.52. The zero-order chi connectivity index (χ0) is 11.4. The van der Waals surface area contributed by atoms with Crippen LogP contribution in [0, 0.1) is 17.2 Å². The highest BCUT2D eigenvalue weighted by Gasteiger charge is 2.18. The molecule has 1 aliphatic rings. The number of pyridine rings is 1. The Balaban J connectivity index is 2.01. The standard InChI is InChI=1S/C13H17N3/c1-10-4-6-12(7-5-10)16-13-11(9-14)3-2-8-15-13/h2-3,8,10,12H,4-7H2,1H3,(H,15,16). The first-order valence-corrected chi connectivity index (χ1v) is 5.91. The quantitative estimate of drug-likeness (QED) is 0.825. The van der Waals surface area contributed by atoms with Crippen molar-refractivity contribution in [2.75, 3.05) is 5.32 Å². The van der Waals surface area contributed by atoms with Crippen LogP contribution in [-0.2, 0) is 0 Å². The number of hydrogen-bond donors (Lipinski definition) is 1. The molecule has 0 atom stereocenters. The Labute approximate surface area is 96.5 Å². The SMILES string of the molecule is CC1CCC(Nc2ncccc2C#N)CC1. The van der Waals surface area contributed by atoms with E-state index in [-0.39, 0.29) is 0 Å². The summed E-state index contributed by atoms with van der Waals surface area (Å²) in [4.78, 5) is 4.23. The molecule has 0 radical (unpaired) electrons. The van der Waals surface area contributed by atoms with Gasteiger partial charge < -0.3 is 5.32 Å². The molecule has 0 saturated heterocycles. The molecule has 0 amide bonds. The summed E-state index contributed by atoms with van der Waals surface area (Å²) in [5, 5.41) is 12.3. The predicted octanol–water partition coefficient (Wildman–Crippen LogP) is 2.94. The van der Waals surface area contributed by atoms with Crippen molar-refractivity contribution in [3.63, 3.8) is 0 Å². The van der Waals surface area contributed by atoms with E-state index in [9.17, 15) is 0 Å². The average molecular weight is 215 g/mol. The molecule has 1 aromatic rings. The highest BCUT2D eigenvalue weighted by Crippen LogP contribution is 2.26. The number of hydrogen-bond acceptors (Lipinski definition) is 3. The van der Waals surface area contributed by atoms with Crippen molar-refractivity contribution in [3.8, 4) is 6.07 Å². The molecule has 1 heterocycles. The third-order valence-corrected chi connectivity index (χ3v) is 3.28. The summed E-state index contributed by atoms with van der Waals surface area (Å²) in [6.07, 6.45) is 6.64. The highest BCUT2D eigenvalue weighted by atomic mass is 15.0. The minimum Gasteiger partial charge on any atom is -0.366 e. The fourth-order valence-corrected chi connectivity index (χ4v) is 2.21. The van der Waals surface area contributed by atoms with E-state index >= 15 is 0 Å². The molecule has 0 spiro atoms. The zero-order valence-electron chi connectivity index (χ0n) is 9.61. The lowest BCUT2D eigenvalue weighted by atomic mass is 9.87. The van der Waals surface area contributed by atoms with Gasteiger partial charge in [-0.15, -0.1) is 0 Å². The first kappa shape index (κ1) is 10.9. The number of nitrogens with one attached hydrogen (secondary N) is 1. The molecule has 84 valence electrons. The molecule has 1 saturated carbocycles. The normalized spacial score (nSPS) is 24.8. The Morgan fingerprint density at radius 1 is 1.38 bits per heavy atom. The van der Waals surface area contributed by atoms with Crippen LogP contribution in [0.25, 0.3) is 0 Å². The first-order chi connectivity index (χ1) is 7.79. The Kier molecular flexibility index (Phi) is 3.40. The van der Waals surface area contributed by atoms with Gasteiger partial charge in [-0.3, -0.25) is 0 Å². The molecule has 1 aliphatic carbocycles. The van der Waals surface area contributed by atoms with Gasteiger partial charge in [0.15, 0.2) is 0 Å². The lowest BCUT2D eigenvalue weighted by Gasteiger charge is -2.27. The smallest absolute Gasteiger partial charge is 0.144 e. The maximum atomic E-state index is 8.96. The van der Waals surface area contributed by atoms with Crippen molar-refractivity contribution in [1.82, 2.24) is 4.98 Å². The Morgan fingerprint density at radius 2 is 2.12 bits per heavy atom. The summed E-state index contributed by atoms with van der Waals surface area (Å²) in [6, 6.07) is 6.26. The van der Waals surface area contributed by atoms with Crippen LogP contribution in [0.4, 0.5) is 5.82 Å². The lowest BCUT2D eigenvalue weighted by molar-refractivity contribution is 0.361. The summed E-state index contributed by atoms with van der Waals surface area (Å²) >= 11 is 0. The van der Waals surface area contributed by atoms with Crippen LogP contribution in [-0.4, -0.2) is 11.0 Å². The summed E-state index contributed by atoms with van der Waals surface area (Å²) in [7, 11) is 0. The van der Waals surface area contributed by atoms with E-state index in [0.717, 1.165) is 11.7 Å². The molecule has 3 heteroatoms. The number of rotatable bonds is 2. The molecule has 1 N–H and O–H groups in total. The maximum absolute atomic E-state index is 8.96. The van der Waals surface area contributed by atoms with Gasteiger partial charge in [-0.2, -0.15) is 5.26 Å². The topological polar surface area (TPSA) is 48.7 Å². The molecule has 1 fully saturated rings. The molecule has 0 unspecified atom stereocenters. The van der Waals surface area contributed by atoms with Crippen molar-refractivity contribution < 1.29 is 0 Å². The van der Waals surface area contributed by atoms with Gasteiger partial charge in [0.1, 0.15) is 11.9 Å². The van der Waals surface area contributed by atoms with Gasteiger partial charge >= 0.3 is 0 Å². The number of aromatic nitrogens is 1. The summed E-state index contributed by atoms with van der Waals surface area (Å²) in [5.41, 5.74) is 0.640. The van der Waals surface area contributed by atoms with Gasteiger partial charge in [-0.1, -0.05) is 6.92 Å². The van der Waals surface area contributed by atoms with Crippen LogP contribution in [0.2, 0.25) is 0 Å². The summed E-state index contributed by atoms with van der Waals surface area (Å²) < 4.78 is 0. The maximum Gasteiger partial charge on any atom is 0.144 e. The second-order valence-corrected chi connectivity index (χ2v) is 4.61. The molecular weight excluding hydrogens is 198 g/mol. The minimum absolute atomic E-state index is 0.484. The van der Waals surface area contributed by atoms with Gasteiger partial charge in [0, 0.05) is 12.2 Å². The van der Waals surface area contributed by atoms with Crippen molar-refractivity contribution >= 4 is 5.82 Å². The van der Waals surface area contributed by atoms with Gasteiger partial charge in [0.2, 0.25) is 0 Å². The first-order valence-electron chi connectivity index (χ1n) is 5.91. The molecule has 16 heavy (non-hydrogen) atoms. The zero-order valence-corrected chi connectivity index (χ0v) is 9.61. The third-order valence-electron chi connectivity index (χ3n) is 3.28. The number of anilines is 1. The minimum atomic E-state index is 0.484. The van der Waals surface area contributed by atoms with Crippen LogP contribution < -0.4 is 5.32 Å². The van der Waals surface area contributed by atoms with Crippen LogP contribution in [0.15, 0.2) is 18.3 Å². The van der Waals surface area contributed by atoms with Gasteiger partial charge in [0.05, 0.1) is 5.56 Å². The fourth-order valence-electron chi connectivity index (χ4n) is 2.21. The molecule has 1 aromatic heterocycles. The van der Waals surface area contributed by atoms with E-state index in [0.29, 0.717) is 11.6 Å². The van der Waals surface area contributed by atoms with E-state index in [1.54, 1.807) is 18.3 Å². The molecular formula is C13H17N3. The van der Waals surface area contributed by atoms with Crippen LogP contribution >= 0.6 is 0 Å². The lowest BCUT2D eigenvalue weighted by Crippen LogP contribution is -2.26. The van der Waals surface area contributed by atoms with E-state index < -0.39 is 0 Å². The summed E-state index contributed by atoms with van der Waals surface area (Å²) in [6.45, 7) is 2.30. The highest BCUT2D eigenvalue weighted by molar-refractivity contribution is 5.51. The van der Waals surface area contributed by atoms with Crippen molar-refractivity contribution in [3.05, 3.63) is 23.9 Å². The Morgan fingerprint density at radius 3 is 2.81 bits per heavy atom. The van der Waals surface area contributed by atoms with Crippen molar-refractivity contribution in [2.45, 2.75) is 38.6 Å². The predicted molar refractivity (Wildman–Crippen MR) is 64.0 cm³/mol. The molecule has 3 nitrogen and oxygen atoms in total. The largest absolute Gasteiger partial charge is 0.366 e. The van der Waals surface area contributed by atoms with E-state index in [4.69, 9.17) is 5.26 Å². The number of nitrogens with zero attached hydrogens (tertiary/aromatic N) is 2. The van der Waals surface area contributed by atoms with Crippen molar-refractivity contribution in [1.29, 1.82) is 5.26 Å².